The molecule has 9 heteroatoms. The van der Waals surface area contributed by atoms with Crippen molar-refractivity contribution in [1.82, 2.24) is 24.8 Å². The van der Waals surface area contributed by atoms with E-state index in [-0.39, 0.29) is 11.7 Å². The SMILES string of the molecule is COc1ccc(Cc2ncc3nc(Nc4ccc(F)cc4F)n(C4CCC(NC(C)C)CC4)c3n2)cc1. The summed E-state index contributed by atoms with van der Waals surface area (Å²) in [5.74, 6) is 0.658. The summed E-state index contributed by atoms with van der Waals surface area (Å²) in [7, 11) is 1.64. The van der Waals surface area contributed by atoms with Gasteiger partial charge >= 0.3 is 0 Å². The Hall–Kier alpha value is -3.59. The summed E-state index contributed by atoms with van der Waals surface area (Å²) in [5, 5.41) is 6.73. The summed E-state index contributed by atoms with van der Waals surface area (Å²) in [5.41, 5.74) is 2.58. The Morgan fingerprint density at radius 2 is 1.78 bits per heavy atom. The molecule has 0 saturated heterocycles. The minimum absolute atomic E-state index is 0.143. The molecule has 0 amide bonds. The highest BCUT2D eigenvalue weighted by Gasteiger charge is 2.27. The number of anilines is 2. The fourth-order valence-electron chi connectivity index (χ4n) is 5.05. The zero-order valence-electron chi connectivity index (χ0n) is 21.3. The molecular formula is C28H32F2N6O. The average molecular weight is 507 g/mol. The van der Waals surface area contributed by atoms with E-state index in [0.717, 1.165) is 43.1 Å². The largest absolute Gasteiger partial charge is 0.497 e. The van der Waals surface area contributed by atoms with Gasteiger partial charge < -0.3 is 15.4 Å². The summed E-state index contributed by atoms with van der Waals surface area (Å²) >= 11 is 0. The predicted molar refractivity (Wildman–Crippen MR) is 140 cm³/mol. The summed E-state index contributed by atoms with van der Waals surface area (Å²) in [4.78, 5) is 14.2. The number of fused-ring (bicyclic) bond motifs is 1. The quantitative estimate of drug-likeness (QED) is 0.309. The van der Waals surface area contributed by atoms with Gasteiger partial charge in [-0.05, 0) is 55.5 Å². The molecule has 1 aliphatic rings. The summed E-state index contributed by atoms with van der Waals surface area (Å²) in [6.07, 6.45) is 6.21. The number of hydrogen-bond donors (Lipinski definition) is 2. The number of hydrogen-bond acceptors (Lipinski definition) is 6. The van der Waals surface area contributed by atoms with Crippen LogP contribution in [0.5, 0.6) is 5.75 Å². The second kappa shape index (κ2) is 10.8. The number of halogens is 2. The van der Waals surface area contributed by atoms with Crippen LogP contribution in [0.4, 0.5) is 20.4 Å². The second-order valence-corrected chi connectivity index (χ2v) is 9.90. The third-order valence-electron chi connectivity index (χ3n) is 6.81. The Balaban J connectivity index is 1.49. The first-order chi connectivity index (χ1) is 17.9. The maximum atomic E-state index is 14.5. The third kappa shape index (κ3) is 5.72. The van der Waals surface area contributed by atoms with Crippen molar-refractivity contribution in [3.05, 3.63) is 71.7 Å². The summed E-state index contributed by atoms with van der Waals surface area (Å²) in [6, 6.07) is 12.4. The highest BCUT2D eigenvalue weighted by molar-refractivity contribution is 5.75. The van der Waals surface area contributed by atoms with E-state index in [2.05, 4.69) is 34.0 Å². The lowest BCUT2D eigenvalue weighted by Crippen LogP contribution is -2.38. The monoisotopic (exact) mass is 506 g/mol. The van der Waals surface area contributed by atoms with Crippen molar-refractivity contribution in [1.29, 1.82) is 0 Å². The van der Waals surface area contributed by atoms with Gasteiger partial charge in [-0.15, -0.1) is 0 Å². The van der Waals surface area contributed by atoms with Crippen LogP contribution in [0.1, 0.15) is 57.0 Å². The van der Waals surface area contributed by atoms with Crippen molar-refractivity contribution in [3.63, 3.8) is 0 Å². The molecule has 4 aromatic rings. The molecule has 2 heterocycles. The van der Waals surface area contributed by atoms with E-state index >= 15 is 0 Å². The number of benzene rings is 2. The molecule has 5 rings (SSSR count). The Kier molecular flexibility index (Phi) is 7.32. The van der Waals surface area contributed by atoms with Crippen molar-refractivity contribution in [2.24, 2.45) is 0 Å². The van der Waals surface area contributed by atoms with E-state index in [1.165, 1.54) is 12.1 Å². The normalized spacial score (nSPS) is 17.9. The first kappa shape index (κ1) is 25.1. The molecule has 0 spiro atoms. The van der Waals surface area contributed by atoms with Crippen LogP contribution in [0, 0.1) is 11.6 Å². The first-order valence-electron chi connectivity index (χ1n) is 12.7. The van der Waals surface area contributed by atoms with Crippen LogP contribution in [0.2, 0.25) is 0 Å². The summed E-state index contributed by atoms with van der Waals surface area (Å²) < 4.78 is 35.3. The zero-order chi connectivity index (χ0) is 25.9. The topological polar surface area (TPSA) is 76.9 Å². The van der Waals surface area contributed by atoms with Crippen LogP contribution in [0.15, 0.2) is 48.7 Å². The van der Waals surface area contributed by atoms with E-state index in [1.54, 1.807) is 13.3 Å². The maximum Gasteiger partial charge on any atom is 0.210 e. The fraction of sp³-hybridized carbons (Fsp3) is 0.393. The van der Waals surface area contributed by atoms with Crippen molar-refractivity contribution in [2.45, 2.75) is 64.1 Å². The van der Waals surface area contributed by atoms with Gasteiger partial charge in [0.05, 0.1) is 19.0 Å². The number of nitrogens with zero attached hydrogens (tertiary/aromatic N) is 4. The minimum atomic E-state index is -0.672. The highest BCUT2D eigenvalue weighted by atomic mass is 19.1. The van der Waals surface area contributed by atoms with Crippen molar-refractivity contribution in [3.8, 4) is 5.75 Å². The van der Waals surface area contributed by atoms with Crippen LogP contribution in [-0.4, -0.2) is 38.7 Å². The van der Waals surface area contributed by atoms with Crippen LogP contribution < -0.4 is 15.4 Å². The molecule has 0 bridgehead atoms. The summed E-state index contributed by atoms with van der Waals surface area (Å²) in [6.45, 7) is 4.33. The maximum absolute atomic E-state index is 14.5. The lowest BCUT2D eigenvalue weighted by Gasteiger charge is -2.32. The number of imidazole rings is 1. The molecule has 2 aromatic carbocycles. The molecule has 0 aliphatic heterocycles. The van der Waals surface area contributed by atoms with E-state index < -0.39 is 11.6 Å². The Morgan fingerprint density at radius 1 is 1.03 bits per heavy atom. The van der Waals surface area contributed by atoms with Crippen LogP contribution in [0.25, 0.3) is 11.2 Å². The first-order valence-corrected chi connectivity index (χ1v) is 12.7. The molecule has 0 radical (unpaired) electrons. The van der Waals surface area contributed by atoms with Crippen LogP contribution in [-0.2, 0) is 6.42 Å². The molecule has 194 valence electrons. The molecule has 1 saturated carbocycles. The van der Waals surface area contributed by atoms with E-state index in [1.807, 2.05) is 24.3 Å². The number of ether oxygens (including phenoxy) is 1. The second-order valence-electron chi connectivity index (χ2n) is 9.90. The smallest absolute Gasteiger partial charge is 0.210 e. The fourth-order valence-corrected chi connectivity index (χ4v) is 5.05. The van der Waals surface area contributed by atoms with Crippen LogP contribution >= 0.6 is 0 Å². The third-order valence-corrected chi connectivity index (χ3v) is 6.81. The van der Waals surface area contributed by atoms with Gasteiger partial charge in [0.2, 0.25) is 5.95 Å². The number of methoxy groups -OCH3 is 1. The molecule has 7 nitrogen and oxygen atoms in total. The highest BCUT2D eigenvalue weighted by Crippen LogP contribution is 2.35. The number of nitrogens with one attached hydrogen (secondary N) is 2. The van der Waals surface area contributed by atoms with Gasteiger partial charge in [-0.1, -0.05) is 26.0 Å². The molecule has 0 unspecified atom stereocenters. The Morgan fingerprint density at radius 3 is 2.46 bits per heavy atom. The van der Waals surface area contributed by atoms with E-state index in [9.17, 15) is 8.78 Å². The lowest BCUT2D eigenvalue weighted by atomic mass is 9.90. The molecular weight excluding hydrogens is 474 g/mol. The standard InChI is InChI=1S/C28H32F2N6O/c1-17(2)32-20-7-9-21(10-8-20)36-27-25(34-28(36)33-24-13-6-19(29)15-23(24)30)16-31-26(35-27)14-18-4-11-22(37-3)12-5-18/h4-6,11-13,15-17,20-21,32H,7-10,14H2,1-3H3,(H,33,34). The van der Waals surface area contributed by atoms with Crippen molar-refractivity contribution in [2.75, 3.05) is 12.4 Å². The minimum Gasteiger partial charge on any atom is -0.497 e. The van der Waals surface area contributed by atoms with Gasteiger partial charge in [0.1, 0.15) is 28.7 Å². The predicted octanol–water partition coefficient (Wildman–Crippen LogP) is 5.93. The number of aromatic nitrogens is 4. The molecule has 1 aliphatic carbocycles. The lowest BCUT2D eigenvalue weighted by molar-refractivity contribution is 0.285. The van der Waals surface area contributed by atoms with Gasteiger partial charge in [-0.3, -0.25) is 4.57 Å². The molecule has 1 fully saturated rings. The van der Waals surface area contributed by atoms with Crippen molar-refractivity contribution >= 4 is 22.8 Å². The van der Waals surface area contributed by atoms with Gasteiger partial charge in [0.15, 0.2) is 5.65 Å². The molecule has 2 N–H and O–H groups in total. The van der Waals surface area contributed by atoms with E-state index in [4.69, 9.17) is 14.7 Å². The molecule has 37 heavy (non-hydrogen) atoms. The van der Waals surface area contributed by atoms with Crippen LogP contribution in [0.3, 0.4) is 0 Å². The van der Waals surface area contributed by atoms with Gasteiger partial charge in [-0.25, -0.2) is 23.7 Å². The van der Waals surface area contributed by atoms with Gasteiger partial charge in [-0.2, -0.15) is 0 Å². The van der Waals surface area contributed by atoms with Crippen molar-refractivity contribution < 1.29 is 13.5 Å². The Labute approximate surface area is 215 Å². The number of rotatable bonds is 8. The average Bonchev–Trinajstić information content (AvgIpc) is 3.23. The van der Waals surface area contributed by atoms with Gasteiger partial charge in [0, 0.05) is 30.6 Å². The van der Waals surface area contributed by atoms with Gasteiger partial charge in [0.25, 0.3) is 0 Å². The molecule has 0 atom stereocenters. The zero-order valence-corrected chi connectivity index (χ0v) is 21.3. The Bertz CT molecular complexity index is 1360. The molecule has 2 aromatic heterocycles. The van der Waals surface area contributed by atoms with E-state index in [0.29, 0.717) is 41.4 Å².